The normalized spacial score (nSPS) is 12.0. The Kier molecular flexibility index (Phi) is 2.06. The number of nitrogens with zero attached hydrogens (tertiary/aromatic N) is 2. The number of benzene rings is 1. The average molecular weight is 216 g/mol. The van der Waals surface area contributed by atoms with Crippen LogP contribution in [0.15, 0.2) is 24.4 Å². The summed E-state index contributed by atoms with van der Waals surface area (Å²) in [5, 5.41) is 4.47. The van der Waals surface area contributed by atoms with Crippen LogP contribution in [0.4, 0.5) is 13.2 Å². The zero-order chi connectivity index (χ0) is 11.1. The van der Waals surface area contributed by atoms with Crippen molar-refractivity contribution >= 4 is 10.9 Å². The molecule has 0 saturated heterocycles. The third-order valence-electron chi connectivity index (χ3n) is 1.95. The summed E-state index contributed by atoms with van der Waals surface area (Å²) in [5.41, 5.74) is 0.329. The van der Waals surface area contributed by atoms with Crippen molar-refractivity contribution in [3.63, 3.8) is 0 Å². The SMILES string of the molecule is Cn1ncc2cccc(OC(F)(F)F)c21. The Balaban J connectivity index is 2.55. The molecule has 1 heterocycles. The van der Waals surface area contributed by atoms with Gasteiger partial charge < -0.3 is 4.74 Å². The van der Waals surface area contributed by atoms with Gasteiger partial charge in [-0.2, -0.15) is 5.10 Å². The summed E-state index contributed by atoms with van der Waals surface area (Å²) in [7, 11) is 1.56. The first kappa shape index (κ1) is 9.82. The molecule has 0 atom stereocenters. The van der Waals surface area contributed by atoms with Crippen molar-refractivity contribution in [3.8, 4) is 5.75 Å². The fourth-order valence-corrected chi connectivity index (χ4v) is 1.40. The van der Waals surface area contributed by atoms with Crippen LogP contribution in [-0.2, 0) is 7.05 Å². The van der Waals surface area contributed by atoms with Gasteiger partial charge in [-0.3, -0.25) is 4.68 Å². The molecule has 0 saturated carbocycles. The van der Waals surface area contributed by atoms with Crippen LogP contribution in [0.25, 0.3) is 10.9 Å². The Labute approximate surface area is 83.1 Å². The van der Waals surface area contributed by atoms with Crippen molar-refractivity contribution in [2.24, 2.45) is 7.05 Å². The molecule has 2 aromatic rings. The standard InChI is InChI=1S/C9H7F3N2O/c1-14-8-6(5-13-14)3-2-4-7(8)15-9(10,11)12/h2-5H,1H3. The molecule has 0 spiro atoms. The number of aryl methyl sites for hydroxylation is 1. The lowest BCUT2D eigenvalue weighted by molar-refractivity contribution is -0.274. The molecule has 0 N–H and O–H groups in total. The summed E-state index contributed by atoms with van der Waals surface area (Å²) < 4.78 is 41.4. The third-order valence-corrected chi connectivity index (χ3v) is 1.95. The van der Waals surface area contributed by atoms with E-state index in [4.69, 9.17) is 0 Å². The topological polar surface area (TPSA) is 27.1 Å². The molecule has 0 bridgehead atoms. The second-order valence-corrected chi connectivity index (χ2v) is 3.01. The fraction of sp³-hybridized carbons (Fsp3) is 0.222. The second-order valence-electron chi connectivity index (χ2n) is 3.01. The fourth-order valence-electron chi connectivity index (χ4n) is 1.40. The maximum atomic E-state index is 12.1. The number of aromatic nitrogens is 2. The van der Waals surface area contributed by atoms with Crippen molar-refractivity contribution in [2.45, 2.75) is 6.36 Å². The lowest BCUT2D eigenvalue weighted by Crippen LogP contribution is -2.17. The highest BCUT2D eigenvalue weighted by Gasteiger charge is 2.32. The molecule has 2 rings (SSSR count). The van der Waals surface area contributed by atoms with E-state index in [1.807, 2.05) is 0 Å². The maximum absolute atomic E-state index is 12.1. The van der Waals surface area contributed by atoms with Crippen molar-refractivity contribution in [3.05, 3.63) is 24.4 Å². The van der Waals surface area contributed by atoms with E-state index in [1.165, 1.54) is 23.0 Å². The number of hydrogen-bond donors (Lipinski definition) is 0. The maximum Gasteiger partial charge on any atom is 0.573 e. The molecule has 3 nitrogen and oxygen atoms in total. The number of alkyl halides is 3. The second kappa shape index (κ2) is 3.15. The van der Waals surface area contributed by atoms with Crippen LogP contribution in [0.5, 0.6) is 5.75 Å². The first-order valence-corrected chi connectivity index (χ1v) is 4.14. The van der Waals surface area contributed by atoms with Crippen LogP contribution in [0.1, 0.15) is 0 Å². The minimum Gasteiger partial charge on any atom is -0.403 e. The van der Waals surface area contributed by atoms with Gasteiger partial charge in [0.05, 0.1) is 6.20 Å². The highest BCUT2D eigenvalue weighted by molar-refractivity contribution is 5.84. The van der Waals surface area contributed by atoms with E-state index in [0.717, 1.165) is 0 Å². The van der Waals surface area contributed by atoms with E-state index in [1.54, 1.807) is 13.1 Å². The molecule has 15 heavy (non-hydrogen) atoms. The van der Waals surface area contributed by atoms with E-state index in [0.29, 0.717) is 10.9 Å². The van der Waals surface area contributed by atoms with Crippen molar-refractivity contribution in [1.82, 2.24) is 9.78 Å². The van der Waals surface area contributed by atoms with Gasteiger partial charge in [0.1, 0.15) is 5.52 Å². The monoisotopic (exact) mass is 216 g/mol. The molecule has 0 aliphatic heterocycles. The van der Waals surface area contributed by atoms with Crippen LogP contribution in [0.2, 0.25) is 0 Å². The predicted octanol–water partition coefficient (Wildman–Crippen LogP) is 2.47. The number of hydrogen-bond acceptors (Lipinski definition) is 2. The zero-order valence-corrected chi connectivity index (χ0v) is 7.75. The van der Waals surface area contributed by atoms with Gasteiger partial charge in [-0.1, -0.05) is 12.1 Å². The molecule has 0 unspecified atom stereocenters. The highest BCUT2D eigenvalue weighted by atomic mass is 19.4. The van der Waals surface area contributed by atoms with E-state index >= 15 is 0 Å². The third kappa shape index (κ3) is 1.88. The lowest BCUT2D eigenvalue weighted by Gasteiger charge is -2.10. The summed E-state index contributed by atoms with van der Waals surface area (Å²) in [6.07, 6.45) is -3.20. The number of ether oxygens (including phenoxy) is 1. The molecule has 1 aromatic carbocycles. The molecule has 0 amide bonds. The molecule has 80 valence electrons. The summed E-state index contributed by atoms with van der Waals surface area (Å²) in [5.74, 6) is -0.236. The summed E-state index contributed by atoms with van der Waals surface area (Å²) >= 11 is 0. The number of rotatable bonds is 1. The molecule has 6 heteroatoms. The molecule has 0 aliphatic rings. The van der Waals surface area contributed by atoms with E-state index in [2.05, 4.69) is 9.84 Å². The van der Waals surface area contributed by atoms with Gasteiger partial charge in [0, 0.05) is 12.4 Å². The summed E-state index contributed by atoms with van der Waals surface area (Å²) in [6, 6.07) is 4.42. The first-order chi connectivity index (χ1) is 6.97. The van der Waals surface area contributed by atoms with E-state index < -0.39 is 6.36 Å². The Morgan fingerprint density at radius 3 is 2.73 bits per heavy atom. The molecule has 0 radical (unpaired) electrons. The van der Waals surface area contributed by atoms with Gasteiger partial charge in [0.2, 0.25) is 0 Å². The van der Waals surface area contributed by atoms with Gasteiger partial charge in [-0.05, 0) is 6.07 Å². The van der Waals surface area contributed by atoms with Crippen LogP contribution >= 0.6 is 0 Å². The van der Waals surface area contributed by atoms with Gasteiger partial charge in [-0.15, -0.1) is 13.2 Å². The van der Waals surface area contributed by atoms with Gasteiger partial charge in [0.15, 0.2) is 5.75 Å². The predicted molar refractivity (Wildman–Crippen MR) is 47.4 cm³/mol. The van der Waals surface area contributed by atoms with Crippen LogP contribution < -0.4 is 4.74 Å². The lowest BCUT2D eigenvalue weighted by atomic mass is 10.2. The van der Waals surface area contributed by atoms with E-state index in [9.17, 15) is 13.2 Å². The van der Waals surface area contributed by atoms with Crippen molar-refractivity contribution < 1.29 is 17.9 Å². The zero-order valence-electron chi connectivity index (χ0n) is 7.75. The van der Waals surface area contributed by atoms with E-state index in [-0.39, 0.29) is 5.75 Å². The minimum absolute atomic E-state index is 0.236. The smallest absolute Gasteiger partial charge is 0.403 e. The van der Waals surface area contributed by atoms with Gasteiger partial charge >= 0.3 is 6.36 Å². The van der Waals surface area contributed by atoms with Gasteiger partial charge in [-0.25, -0.2) is 0 Å². The van der Waals surface area contributed by atoms with Crippen molar-refractivity contribution in [2.75, 3.05) is 0 Å². The molecular formula is C9H7F3N2O. The minimum atomic E-state index is -4.68. The Bertz CT molecular complexity index is 490. The Hall–Kier alpha value is -1.72. The largest absolute Gasteiger partial charge is 0.573 e. The molecule has 1 aromatic heterocycles. The Morgan fingerprint density at radius 2 is 2.07 bits per heavy atom. The van der Waals surface area contributed by atoms with Crippen molar-refractivity contribution in [1.29, 1.82) is 0 Å². The average Bonchev–Trinajstić information content (AvgIpc) is 2.46. The van der Waals surface area contributed by atoms with Gasteiger partial charge in [0.25, 0.3) is 0 Å². The number of halogens is 3. The van der Waals surface area contributed by atoms with Crippen LogP contribution in [0.3, 0.4) is 0 Å². The van der Waals surface area contributed by atoms with Crippen LogP contribution in [-0.4, -0.2) is 16.1 Å². The first-order valence-electron chi connectivity index (χ1n) is 4.14. The molecular weight excluding hydrogens is 209 g/mol. The quantitative estimate of drug-likeness (QED) is 0.732. The van der Waals surface area contributed by atoms with Crippen LogP contribution in [0, 0.1) is 0 Å². The summed E-state index contributed by atoms with van der Waals surface area (Å²) in [6.45, 7) is 0. The summed E-state index contributed by atoms with van der Waals surface area (Å²) in [4.78, 5) is 0. The number of para-hydroxylation sites is 1. The molecule has 0 fully saturated rings. The Morgan fingerprint density at radius 1 is 1.33 bits per heavy atom. The number of fused-ring (bicyclic) bond motifs is 1. The molecule has 0 aliphatic carbocycles. The highest BCUT2D eigenvalue weighted by Crippen LogP contribution is 2.29.